The van der Waals surface area contributed by atoms with Crippen LogP contribution in [0.25, 0.3) is 0 Å². The minimum Gasteiger partial charge on any atom is -0.350 e. The van der Waals surface area contributed by atoms with Crippen LogP contribution in [0.1, 0.15) is 11.3 Å². The van der Waals surface area contributed by atoms with Gasteiger partial charge < -0.3 is 5.32 Å². The molecular weight excluding hydrogens is 298 g/mol. The largest absolute Gasteiger partial charge is 0.433 e. The van der Waals surface area contributed by atoms with Gasteiger partial charge in [-0.05, 0) is 23.8 Å². The van der Waals surface area contributed by atoms with Crippen molar-refractivity contribution in [2.45, 2.75) is 12.7 Å². The van der Waals surface area contributed by atoms with E-state index in [1.54, 1.807) is 0 Å². The lowest BCUT2D eigenvalue weighted by Crippen LogP contribution is -2.11. The number of nitrogens with zero attached hydrogens (tertiary/aromatic N) is 2. The molecule has 0 bridgehead atoms. The molecule has 0 saturated heterocycles. The van der Waals surface area contributed by atoms with Gasteiger partial charge in [0.2, 0.25) is 5.95 Å². The molecule has 106 valence electrons. The number of halogens is 5. The molecule has 0 aliphatic carbocycles. The van der Waals surface area contributed by atoms with E-state index in [0.717, 1.165) is 12.3 Å². The summed E-state index contributed by atoms with van der Waals surface area (Å²) in [7, 11) is 0. The average Bonchev–Trinajstić information content (AvgIpc) is 2.39. The van der Waals surface area contributed by atoms with Crippen molar-refractivity contribution in [3.05, 3.63) is 52.6 Å². The van der Waals surface area contributed by atoms with Crippen LogP contribution in [0.4, 0.5) is 23.5 Å². The highest BCUT2D eigenvalue weighted by molar-refractivity contribution is 6.30. The Kier molecular flexibility index (Phi) is 4.08. The van der Waals surface area contributed by atoms with Crippen LogP contribution < -0.4 is 5.32 Å². The van der Waals surface area contributed by atoms with Crippen molar-refractivity contribution >= 4 is 17.5 Å². The van der Waals surface area contributed by atoms with E-state index in [2.05, 4.69) is 15.3 Å². The zero-order valence-electron chi connectivity index (χ0n) is 9.88. The van der Waals surface area contributed by atoms with Crippen molar-refractivity contribution < 1.29 is 17.6 Å². The molecule has 8 heteroatoms. The Morgan fingerprint density at radius 1 is 1.20 bits per heavy atom. The number of alkyl halides is 3. The molecule has 2 aromatic rings. The van der Waals surface area contributed by atoms with Gasteiger partial charge in [0.15, 0.2) is 0 Å². The maximum atomic E-state index is 12.9. The van der Waals surface area contributed by atoms with E-state index < -0.39 is 17.7 Å². The molecule has 3 nitrogen and oxygen atoms in total. The van der Waals surface area contributed by atoms with E-state index in [-0.39, 0.29) is 17.5 Å². The molecule has 0 aliphatic rings. The lowest BCUT2D eigenvalue weighted by molar-refractivity contribution is -0.141. The molecule has 0 spiro atoms. The second kappa shape index (κ2) is 5.62. The number of rotatable bonds is 3. The fourth-order valence-corrected chi connectivity index (χ4v) is 1.64. The predicted molar refractivity (Wildman–Crippen MR) is 65.8 cm³/mol. The first-order valence-corrected chi connectivity index (χ1v) is 5.82. The molecule has 0 saturated carbocycles. The fraction of sp³-hybridized carbons (Fsp3) is 0.167. The Labute approximate surface area is 116 Å². The summed E-state index contributed by atoms with van der Waals surface area (Å²) in [6.45, 7) is 0.126. The maximum absolute atomic E-state index is 12.9. The summed E-state index contributed by atoms with van der Waals surface area (Å²) in [6.07, 6.45) is -3.52. The third-order valence-electron chi connectivity index (χ3n) is 2.38. The highest BCUT2D eigenvalue weighted by atomic mass is 35.5. The van der Waals surface area contributed by atoms with Crippen molar-refractivity contribution in [1.29, 1.82) is 0 Å². The molecule has 20 heavy (non-hydrogen) atoms. The van der Waals surface area contributed by atoms with E-state index in [0.29, 0.717) is 5.56 Å². The first-order chi connectivity index (χ1) is 9.36. The topological polar surface area (TPSA) is 37.8 Å². The van der Waals surface area contributed by atoms with Crippen molar-refractivity contribution in [3.8, 4) is 0 Å². The van der Waals surface area contributed by atoms with Crippen molar-refractivity contribution in [2.75, 3.05) is 5.32 Å². The highest BCUT2D eigenvalue weighted by Gasteiger charge is 2.32. The standard InChI is InChI=1S/C12H8ClF4N3/c13-8-5-7(1-2-9(8)14)6-19-11-18-4-3-10(20-11)12(15,16)17/h1-5H,6H2,(H,18,19,20). The second-order valence-corrected chi connectivity index (χ2v) is 4.27. The van der Waals surface area contributed by atoms with Gasteiger partial charge in [0.1, 0.15) is 11.5 Å². The normalized spacial score (nSPS) is 11.4. The summed E-state index contributed by atoms with van der Waals surface area (Å²) in [4.78, 5) is 7.02. The van der Waals surface area contributed by atoms with Crippen LogP contribution in [0, 0.1) is 5.82 Å². The van der Waals surface area contributed by atoms with E-state index >= 15 is 0 Å². The molecule has 1 heterocycles. The van der Waals surface area contributed by atoms with Crippen molar-refractivity contribution in [3.63, 3.8) is 0 Å². The van der Waals surface area contributed by atoms with Crippen LogP contribution >= 0.6 is 11.6 Å². The lowest BCUT2D eigenvalue weighted by atomic mass is 10.2. The molecule has 0 unspecified atom stereocenters. The van der Waals surface area contributed by atoms with Crippen molar-refractivity contribution in [1.82, 2.24) is 9.97 Å². The molecule has 1 aromatic heterocycles. The van der Waals surface area contributed by atoms with Crippen LogP contribution in [0.15, 0.2) is 30.5 Å². The lowest BCUT2D eigenvalue weighted by Gasteiger charge is -2.09. The van der Waals surface area contributed by atoms with Crippen LogP contribution in [-0.2, 0) is 12.7 Å². The molecule has 0 atom stereocenters. The number of aromatic nitrogens is 2. The summed E-state index contributed by atoms with van der Waals surface area (Å²) in [5.41, 5.74) is -0.440. The van der Waals surface area contributed by atoms with Gasteiger partial charge in [0, 0.05) is 12.7 Å². The van der Waals surface area contributed by atoms with Gasteiger partial charge in [-0.15, -0.1) is 0 Å². The molecule has 1 aromatic carbocycles. The molecule has 1 N–H and O–H groups in total. The molecule has 0 aliphatic heterocycles. The Morgan fingerprint density at radius 2 is 1.95 bits per heavy atom. The summed E-state index contributed by atoms with van der Waals surface area (Å²) >= 11 is 5.60. The smallest absolute Gasteiger partial charge is 0.350 e. The monoisotopic (exact) mass is 305 g/mol. The molecule has 2 rings (SSSR count). The Morgan fingerprint density at radius 3 is 2.60 bits per heavy atom. The molecule has 0 fully saturated rings. The van der Waals surface area contributed by atoms with Gasteiger partial charge >= 0.3 is 6.18 Å². The van der Waals surface area contributed by atoms with Gasteiger partial charge in [-0.3, -0.25) is 0 Å². The Hall–Kier alpha value is -1.89. The van der Waals surface area contributed by atoms with Gasteiger partial charge in [-0.25, -0.2) is 14.4 Å². The van der Waals surface area contributed by atoms with Gasteiger partial charge in [0.25, 0.3) is 0 Å². The zero-order chi connectivity index (χ0) is 14.8. The third-order valence-corrected chi connectivity index (χ3v) is 2.67. The first kappa shape index (κ1) is 14.5. The third kappa shape index (κ3) is 3.57. The van der Waals surface area contributed by atoms with Crippen LogP contribution in [-0.4, -0.2) is 9.97 Å². The maximum Gasteiger partial charge on any atom is 0.433 e. The minimum atomic E-state index is -4.53. The molecule has 0 amide bonds. The minimum absolute atomic E-state index is 0.0609. The Balaban J connectivity index is 2.09. The summed E-state index contributed by atoms with van der Waals surface area (Å²) < 4.78 is 50.3. The number of benzene rings is 1. The average molecular weight is 306 g/mol. The van der Waals surface area contributed by atoms with Crippen LogP contribution in [0.5, 0.6) is 0 Å². The van der Waals surface area contributed by atoms with E-state index in [4.69, 9.17) is 11.6 Å². The second-order valence-electron chi connectivity index (χ2n) is 3.87. The van der Waals surface area contributed by atoms with Gasteiger partial charge in [-0.1, -0.05) is 17.7 Å². The summed E-state index contributed by atoms with van der Waals surface area (Å²) in [6, 6.07) is 4.78. The highest BCUT2D eigenvalue weighted by Crippen LogP contribution is 2.27. The van der Waals surface area contributed by atoms with E-state index in [9.17, 15) is 17.6 Å². The number of hydrogen-bond acceptors (Lipinski definition) is 3. The zero-order valence-corrected chi connectivity index (χ0v) is 10.6. The first-order valence-electron chi connectivity index (χ1n) is 5.44. The number of nitrogens with one attached hydrogen (secondary N) is 1. The van der Waals surface area contributed by atoms with Crippen molar-refractivity contribution in [2.24, 2.45) is 0 Å². The Bertz CT molecular complexity index is 616. The molecule has 0 radical (unpaired) electrons. The van der Waals surface area contributed by atoms with E-state index in [1.165, 1.54) is 18.2 Å². The quantitative estimate of drug-likeness (QED) is 0.874. The number of anilines is 1. The summed E-state index contributed by atoms with van der Waals surface area (Å²) in [5.74, 6) is -0.731. The van der Waals surface area contributed by atoms with E-state index in [1.807, 2.05) is 0 Å². The predicted octanol–water partition coefficient (Wildman–Crippen LogP) is 3.90. The SMILES string of the molecule is Fc1ccc(CNc2nccc(C(F)(F)F)n2)cc1Cl. The summed E-state index contributed by atoms with van der Waals surface area (Å²) in [5, 5.41) is 2.56. The fourth-order valence-electron chi connectivity index (χ4n) is 1.43. The van der Waals surface area contributed by atoms with Crippen LogP contribution in [0.3, 0.4) is 0 Å². The van der Waals surface area contributed by atoms with Gasteiger partial charge in [-0.2, -0.15) is 13.2 Å². The van der Waals surface area contributed by atoms with Gasteiger partial charge in [0.05, 0.1) is 5.02 Å². The number of hydrogen-bond donors (Lipinski definition) is 1. The molecular formula is C12H8ClF4N3. The van der Waals surface area contributed by atoms with Crippen LogP contribution in [0.2, 0.25) is 5.02 Å².